The maximum atomic E-state index is 13.5. The van der Waals surface area contributed by atoms with Crippen molar-refractivity contribution in [2.45, 2.75) is 6.92 Å². The molecular formula is C31H23N3O. The number of para-hydroxylation sites is 2. The Hall–Kier alpha value is -4.70. The molecule has 0 radical (unpaired) electrons. The molecule has 0 aliphatic rings. The van der Waals surface area contributed by atoms with Gasteiger partial charge in [-0.3, -0.25) is 4.79 Å². The highest BCUT2D eigenvalue weighted by molar-refractivity contribution is 6.13. The number of benzene rings is 4. The number of aryl methyl sites for hydroxylation is 1. The number of aromatic nitrogens is 2. The van der Waals surface area contributed by atoms with Crippen molar-refractivity contribution in [1.82, 2.24) is 9.97 Å². The van der Waals surface area contributed by atoms with Gasteiger partial charge in [-0.25, -0.2) is 4.98 Å². The Morgan fingerprint density at radius 2 is 1.54 bits per heavy atom. The molecule has 2 aromatic heterocycles. The van der Waals surface area contributed by atoms with Crippen molar-refractivity contribution in [3.8, 4) is 22.5 Å². The van der Waals surface area contributed by atoms with Crippen LogP contribution >= 0.6 is 0 Å². The molecule has 6 aromatic rings. The van der Waals surface area contributed by atoms with Crippen molar-refractivity contribution < 1.29 is 4.79 Å². The third-order valence-corrected chi connectivity index (χ3v) is 6.34. The molecule has 168 valence electrons. The van der Waals surface area contributed by atoms with Gasteiger partial charge >= 0.3 is 0 Å². The fourth-order valence-electron chi connectivity index (χ4n) is 4.50. The molecule has 0 saturated carbocycles. The van der Waals surface area contributed by atoms with E-state index in [9.17, 15) is 4.79 Å². The first-order chi connectivity index (χ1) is 17.2. The minimum atomic E-state index is -0.154. The Kier molecular flexibility index (Phi) is 5.12. The van der Waals surface area contributed by atoms with Gasteiger partial charge in [0.2, 0.25) is 0 Å². The standard InChI is InChI=1S/C31H23N3O/c1-20-8-7-12-25-26(19-29(34-30(20)25)21-9-3-2-4-10-21)31(35)32-24-16-14-22(15-17-24)28-18-23-11-5-6-13-27(23)33-28/h2-19,33H,1H3,(H,32,35). The predicted octanol–water partition coefficient (Wildman–Crippen LogP) is 7.61. The molecule has 0 spiro atoms. The molecule has 4 heteroatoms. The van der Waals surface area contributed by atoms with Crippen LogP contribution in [-0.4, -0.2) is 15.9 Å². The van der Waals surface area contributed by atoms with E-state index >= 15 is 0 Å². The van der Waals surface area contributed by atoms with E-state index < -0.39 is 0 Å². The van der Waals surface area contributed by atoms with Crippen molar-refractivity contribution in [2.24, 2.45) is 0 Å². The van der Waals surface area contributed by atoms with Gasteiger partial charge in [0.15, 0.2) is 0 Å². The number of anilines is 1. The molecule has 4 nitrogen and oxygen atoms in total. The van der Waals surface area contributed by atoms with E-state index in [4.69, 9.17) is 4.98 Å². The van der Waals surface area contributed by atoms with E-state index in [2.05, 4.69) is 28.5 Å². The molecule has 2 N–H and O–H groups in total. The van der Waals surface area contributed by atoms with Crippen LogP contribution in [-0.2, 0) is 0 Å². The quantitative estimate of drug-likeness (QED) is 0.289. The summed E-state index contributed by atoms with van der Waals surface area (Å²) in [4.78, 5) is 21.8. The Labute approximate surface area is 203 Å². The number of amides is 1. The van der Waals surface area contributed by atoms with Crippen LogP contribution in [0, 0.1) is 6.92 Å². The summed E-state index contributed by atoms with van der Waals surface area (Å²) >= 11 is 0. The third kappa shape index (κ3) is 3.96. The van der Waals surface area contributed by atoms with Gasteiger partial charge in [-0.2, -0.15) is 0 Å². The van der Waals surface area contributed by atoms with Crippen LogP contribution < -0.4 is 5.32 Å². The van der Waals surface area contributed by atoms with E-state index in [1.54, 1.807) is 0 Å². The van der Waals surface area contributed by atoms with Crippen LogP contribution in [0.25, 0.3) is 44.3 Å². The monoisotopic (exact) mass is 453 g/mol. The van der Waals surface area contributed by atoms with Gasteiger partial charge in [0.05, 0.1) is 16.8 Å². The lowest BCUT2D eigenvalue weighted by molar-refractivity contribution is 0.102. The van der Waals surface area contributed by atoms with E-state index in [0.717, 1.165) is 50.2 Å². The highest BCUT2D eigenvalue weighted by atomic mass is 16.1. The first kappa shape index (κ1) is 20.9. The summed E-state index contributed by atoms with van der Waals surface area (Å²) in [7, 11) is 0. The number of hydrogen-bond donors (Lipinski definition) is 2. The molecule has 0 atom stereocenters. The Bertz CT molecular complexity index is 1650. The number of rotatable bonds is 4. The SMILES string of the molecule is Cc1cccc2c(C(=O)Nc3ccc(-c4cc5ccccc5[nH]4)cc3)cc(-c3ccccc3)nc12. The first-order valence-electron chi connectivity index (χ1n) is 11.6. The van der Waals surface area contributed by atoms with Crippen LogP contribution in [0.15, 0.2) is 109 Å². The number of H-pyrrole nitrogens is 1. The maximum Gasteiger partial charge on any atom is 0.256 e. The van der Waals surface area contributed by atoms with Crippen molar-refractivity contribution in [1.29, 1.82) is 0 Å². The van der Waals surface area contributed by atoms with Gasteiger partial charge in [-0.1, -0.05) is 78.9 Å². The number of nitrogens with one attached hydrogen (secondary N) is 2. The number of pyridine rings is 1. The second-order valence-electron chi connectivity index (χ2n) is 8.69. The van der Waals surface area contributed by atoms with E-state index in [1.807, 2.05) is 97.9 Å². The fraction of sp³-hybridized carbons (Fsp3) is 0.0323. The summed E-state index contributed by atoms with van der Waals surface area (Å²) in [6.07, 6.45) is 0. The first-order valence-corrected chi connectivity index (χ1v) is 11.6. The van der Waals surface area contributed by atoms with Crippen molar-refractivity contribution in [2.75, 3.05) is 5.32 Å². The minimum Gasteiger partial charge on any atom is -0.355 e. The van der Waals surface area contributed by atoms with E-state index in [-0.39, 0.29) is 5.91 Å². The number of fused-ring (bicyclic) bond motifs is 2. The van der Waals surface area contributed by atoms with Crippen LogP contribution in [0.4, 0.5) is 5.69 Å². The van der Waals surface area contributed by atoms with Crippen LogP contribution in [0.5, 0.6) is 0 Å². The average molecular weight is 454 g/mol. The average Bonchev–Trinajstić information content (AvgIpc) is 3.34. The van der Waals surface area contributed by atoms with Crippen LogP contribution in [0.2, 0.25) is 0 Å². The lowest BCUT2D eigenvalue weighted by atomic mass is 10.0. The van der Waals surface area contributed by atoms with Gasteiger partial charge in [-0.15, -0.1) is 0 Å². The van der Waals surface area contributed by atoms with Gasteiger partial charge in [-0.05, 0) is 48.4 Å². The summed E-state index contributed by atoms with van der Waals surface area (Å²) < 4.78 is 0. The van der Waals surface area contributed by atoms with Crippen molar-refractivity contribution in [3.05, 3.63) is 120 Å². The normalized spacial score (nSPS) is 11.1. The summed E-state index contributed by atoms with van der Waals surface area (Å²) in [5.74, 6) is -0.154. The lowest BCUT2D eigenvalue weighted by Crippen LogP contribution is -2.13. The van der Waals surface area contributed by atoms with Crippen molar-refractivity contribution in [3.63, 3.8) is 0 Å². The highest BCUT2D eigenvalue weighted by Gasteiger charge is 2.15. The third-order valence-electron chi connectivity index (χ3n) is 6.34. The molecule has 0 bridgehead atoms. The number of carbonyl (C=O) groups is 1. The van der Waals surface area contributed by atoms with Crippen molar-refractivity contribution >= 4 is 33.4 Å². The number of nitrogens with zero attached hydrogens (tertiary/aromatic N) is 1. The molecule has 0 aliphatic carbocycles. The molecule has 0 unspecified atom stereocenters. The van der Waals surface area contributed by atoms with E-state index in [0.29, 0.717) is 5.56 Å². The summed E-state index contributed by atoms with van der Waals surface area (Å²) in [6.45, 7) is 2.02. The molecule has 1 amide bonds. The zero-order chi connectivity index (χ0) is 23.8. The topological polar surface area (TPSA) is 57.8 Å². The van der Waals surface area contributed by atoms with Gasteiger partial charge in [0.25, 0.3) is 5.91 Å². The highest BCUT2D eigenvalue weighted by Crippen LogP contribution is 2.28. The summed E-state index contributed by atoms with van der Waals surface area (Å²) in [6, 6.07) is 36.0. The largest absolute Gasteiger partial charge is 0.355 e. The van der Waals surface area contributed by atoms with Crippen LogP contribution in [0.1, 0.15) is 15.9 Å². The summed E-state index contributed by atoms with van der Waals surface area (Å²) in [5, 5.41) is 5.10. The lowest BCUT2D eigenvalue weighted by Gasteiger charge is -2.12. The van der Waals surface area contributed by atoms with Crippen LogP contribution in [0.3, 0.4) is 0 Å². The number of aromatic amines is 1. The second-order valence-corrected chi connectivity index (χ2v) is 8.69. The Morgan fingerprint density at radius 3 is 2.34 bits per heavy atom. The van der Waals surface area contributed by atoms with Gasteiger partial charge in [0, 0.05) is 33.2 Å². The van der Waals surface area contributed by atoms with Gasteiger partial charge in [0.1, 0.15) is 0 Å². The van der Waals surface area contributed by atoms with Gasteiger partial charge < -0.3 is 10.3 Å². The summed E-state index contributed by atoms with van der Waals surface area (Å²) in [5.41, 5.74) is 8.22. The smallest absolute Gasteiger partial charge is 0.256 e. The Balaban J connectivity index is 1.33. The molecule has 4 aromatic carbocycles. The molecule has 2 heterocycles. The molecule has 35 heavy (non-hydrogen) atoms. The second kappa shape index (κ2) is 8.58. The molecule has 6 rings (SSSR count). The van der Waals surface area contributed by atoms with E-state index in [1.165, 1.54) is 5.39 Å². The number of hydrogen-bond acceptors (Lipinski definition) is 2. The minimum absolute atomic E-state index is 0.154. The molecule has 0 saturated heterocycles. The molecule has 0 aliphatic heterocycles. The molecular weight excluding hydrogens is 430 g/mol. The zero-order valence-electron chi connectivity index (χ0n) is 19.2. The molecule has 0 fully saturated rings. The fourth-order valence-corrected chi connectivity index (χ4v) is 4.50. The maximum absolute atomic E-state index is 13.5. The zero-order valence-corrected chi connectivity index (χ0v) is 19.2. The number of carbonyl (C=O) groups excluding carboxylic acids is 1. The Morgan fingerprint density at radius 1 is 0.771 bits per heavy atom. The predicted molar refractivity (Wildman–Crippen MR) is 144 cm³/mol.